The largest absolute Gasteiger partial charge is 0.396 e. The summed E-state index contributed by atoms with van der Waals surface area (Å²) in [6.07, 6.45) is 4.65. The smallest absolute Gasteiger partial charge is 0.274 e. The fraction of sp³-hybridized carbons (Fsp3) is 0.692. The maximum Gasteiger partial charge on any atom is 0.274 e. The fourth-order valence-electron chi connectivity index (χ4n) is 2.41. The van der Waals surface area contributed by atoms with Gasteiger partial charge in [-0.15, -0.1) is 0 Å². The molecule has 1 aliphatic rings. The van der Waals surface area contributed by atoms with E-state index in [4.69, 9.17) is 10.5 Å². The van der Waals surface area contributed by atoms with Crippen LogP contribution in [0.4, 0.5) is 5.69 Å². The molecule has 1 saturated heterocycles. The first-order valence-electron chi connectivity index (χ1n) is 6.81. The number of likely N-dealkylation sites (tertiary alicyclic amines) is 1. The molecule has 0 bridgehead atoms. The first-order valence-corrected chi connectivity index (χ1v) is 6.81. The Morgan fingerprint density at radius 1 is 1.63 bits per heavy atom. The second kappa shape index (κ2) is 6.06. The van der Waals surface area contributed by atoms with Crippen LogP contribution in [0.2, 0.25) is 0 Å². The predicted molar refractivity (Wildman–Crippen MR) is 72.8 cm³/mol. The summed E-state index contributed by atoms with van der Waals surface area (Å²) in [5, 5.41) is 4.01. The predicted octanol–water partition coefficient (Wildman–Crippen LogP) is 1.03. The molecule has 2 N–H and O–H groups in total. The number of nitrogen functional groups attached to an aromatic ring is 1. The van der Waals surface area contributed by atoms with Crippen molar-refractivity contribution in [3.63, 3.8) is 0 Å². The van der Waals surface area contributed by atoms with E-state index in [9.17, 15) is 4.79 Å². The van der Waals surface area contributed by atoms with Crippen LogP contribution in [0, 0.1) is 0 Å². The van der Waals surface area contributed by atoms with Gasteiger partial charge in [-0.05, 0) is 19.3 Å². The van der Waals surface area contributed by atoms with Gasteiger partial charge in [0.2, 0.25) is 0 Å². The normalized spacial score (nSPS) is 19.7. The van der Waals surface area contributed by atoms with Gasteiger partial charge in [0.1, 0.15) is 5.69 Å². The van der Waals surface area contributed by atoms with Crippen LogP contribution < -0.4 is 5.73 Å². The van der Waals surface area contributed by atoms with E-state index in [0.717, 1.165) is 32.4 Å². The first kappa shape index (κ1) is 13.9. The van der Waals surface area contributed by atoms with Crippen LogP contribution in [0.1, 0.15) is 36.7 Å². The lowest BCUT2D eigenvalue weighted by Crippen LogP contribution is -2.44. The molecular formula is C13H22N4O2. The molecule has 0 saturated carbocycles. The number of aryl methyl sites for hydroxylation is 1. The summed E-state index contributed by atoms with van der Waals surface area (Å²) in [6.45, 7) is 4.24. The number of anilines is 1. The number of nitrogens with zero attached hydrogens (tertiary/aromatic N) is 3. The average Bonchev–Trinajstić information content (AvgIpc) is 2.75. The Bertz CT molecular complexity index is 424. The third-order valence-electron chi connectivity index (χ3n) is 3.39. The lowest BCUT2D eigenvalue weighted by Gasteiger charge is -2.32. The molecule has 1 aromatic rings. The molecule has 2 heterocycles. The number of rotatable bonds is 4. The molecule has 0 spiro atoms. The highest BCUT2D eigenvalue weighted by Crippen LogP contribution is 2.18. The summed E-state index contributed by atoms with van der Waals surface area (Å²) in [6, 6.07) is 0. The summed E-state index contributed by atoms with van der Waals surface area (Å²) in [7, 11) is 1.73. The van der Waals surface area contributed by atoms with E-state index >= 15 is 0 Å². The third-order valence-corrected chi connectivity index (χ3v) is 3.39. The van der Waals surface area contributed by atoms with E-state index in [1.807, 2.05) is 4.90 Å². The highest BCUT2D eigenvalue weighted by Gasteiger charge is 2.27. The van der Waals surface area contributed by atoms with Crippen LogP contribution in [0.15, 0.2) is 6.20 Å². The Kier molecular flexibility index (Phi) is 4.42. The van der Waals surface area contributed by atoms with Crippen molar-refractivity contribution in [3.05, 3.63) is 11.9 Å². The molecular weight excluding hydrogens is 244 g/mol. The van der Waals surface area contributed by atoms with Gasteiger partial charge in [0.05, 0.1) is 18.0 Å². The number of carbonyl (C=O) groups is 1. The molecule has 1 fully saturated rings. The van der Waals surface area contributed by atoms with Gasteiger partial charge in [0.25, 0.3) is 5.91 Å². The van der Waals surface area contributed by atoms with Crippen molar-refractivity contribution in [1.82, 2.24) is 14.7 Å². The molecule has 1 unspecified atom stereocenters. The van der Waals surface area contributed by atoms with Gasteiger partial charge in [-0.3, -0.25) is 9.48 Å². The van der Waals surface area contributed by atoms with Crippen LogP contribution in [-0.2, 0) is 11.8 Å². The van der Waals surface area contributed by atoms with Gasteiger partial charge in [-0.25, -0.2) is 0 Å². The SMILES string of the molecule is CCCOC1CCCN(C(=O)c2c(N)cnn2C)C1. The maximum atomic E-state index is 12.5. The Morgan fingerprint density at radius 2 is 2.42 bits per heavy atom. The van der Waals surface area contributed by atoms with E-state index in [1.165, 1.54) is 10.9 Å². The minimum absolute atomic E-state index is 0.0534. The number of hydrogen-bond acceptors (Lipinski definition) is 4. The number of aromatic nitrogens is 2. The highest BCUT2D eigenvalue weighted by molar-refractivity contribution is 5.97. The number of carbonyl (C=O) groups excluding carboxylic acids is 1. The van der Waals surface area contributed by atoms with E-state index in [0.29, 0.717) is 17.9 Å². The van der Waals surface area contributed by atoms with Crippen molar-refractivity contribution in [2.45, 2.75) is 32.3 Å². The van der Waals surface area contributed by atoms with Crippen LogP contribution in [-0.4, -0.2) is 46.4 Å². The second-order valence-corrected chi connectivity index (χ2v) is 4.96. The zero-order chi connectivity index (χ0) is 13.8. The quantitative estimate of drug-likeness (QED) is 0.883. The first-order chi connectivity index (χ1) is 9.13. The lowest BCUT2D eigenvalue weighted by molar-refractivity contribution is 0.00180. The van der Waals surface area contributed by atoms with Crippen molar-refractivity contribution in [2.75, 3.05) is 25.4 Å². The number of piperidine rings is 1. The van der Waals surface area contributed by atoms with Crippen molar-refractivity contribution in [3.8, 4) is 0 Å². The lowest BCUT2D eigenvalue weighted by atomic mass is 10.1. The second-order valence-electron chi connectivity index (χ2n) is 4.96. The Labute approximate surface area is 113 Å². The molecule has 0 aromatic carbocycles. The Morgan fingerprint density at radius 3 is 3.05 bits per heavy atom. The van der Waals surface area contributed by atoms with Crippen LogP contribution in [0.25, 0.3) is 0 Å². The molecule has 6 heteroatoms. The van der Waals surface area contributed by atoms with Crippen molar-refractivity contribution < 1.29 is 9.53 Å². The van der Waals surface area contributed by atoms with E-state index < -0.39 is 0 Å². The molecule has 106 valence electrons. The summed E-state index contributed by atoms with van der Waals surface area (Å²) < 4.78 is 7.28. The Balaban J connectivity index is 2.03. The molecule has 2 rings (SSSR count). The van der Waals surface area contributed by atoms with E-state index in [2.05, 4.69) is 12.0 Å². The van der Waals surface area contributed by atoms with Gasteiger partial charge < -0.3 is 15.4 Å². The number of nitrogens with two attached hydrogens (primary N) is 1. The van der Waals surface area contributed by atoms with Gasteiger partial charge in [-0.2, -0.15) is 5.10 Å². The number of ether oxygens (including phenoxy) is 1. The fourth-order valence-corrected chi connectivity index (χ4v) is 2.41. The standard InChI is InChI=1S/C13H22N4O2/c1-3-7-19-10-5-4-6-17(9-10)13(18)12-11(14)8-15-16(12)2/h8,10H,3-7,9,14H2,1-2H3. The monoisotopic (exact) mass is 266 g/mol. The topological polar surface area (TPSA) is 73.4 Å². The molecule has 0 aliphatic carbocycles. The van der Waals surface area contributed by atoms with E-state index in [-0.39, 0.29) is 12.0 Å². The van der Waals surface area contributed by atoms with Gasteiger partial charge in [0, 0.05) is 26.7 Å². The minimum atomic E-state index is -0.0534. The van der Waals surface area contributed by atoms with E-state index in [1.54, 1.807) is 7.05 Å². The van der Waals surface area contributed by atoms with Crippen molar-refractivity contribution in [2.24, 2.45) is 7.05 Å². The zero-order valence-electron chi connectivity index (χ0n) is 11.6. The van der Waals surface area contributed by atoms with Crippen molar-refractivity contribution in [1.29, 1.82) is 0 Å². The summed E-state index contributed by atoms with van der Waals surface area (Å²) >= 11 is 0. The average molecular weight is 266 g/mol. The highest BCUT2D eigenvalue weighted by atomic mass is 16.5. The van der Waals surface area contributed by atoms with Crippen LogP contribution in [0.5, 0.6) is 0 Å². The summed E-state index contributed by atoms with van der Waals surface area (Å²) in [4.78, 5) is 14.3. The molecule has 1 aliphatic heterocycles. The Hall–Kier alpha value is -1.56. The molecule has 6 nitrogen and oxygen atoms in total. The van der Waals surface area contributed by atoms with Gasteiger partial charge in [0.15, 0.2) is 0 Å². The van der Waals surface area contributed by atoms with Crippen molar-refractivity contribution >= 4 is 11.6 Å². The molecule has 19 heavy (non-hydrogen) atoms. The molecule has 1 aromatic heterocycles. The third kappa shape index (κ3) is 3.07. The minimum Gasteiger partial charge on any atom is -0.396 e. The van der Waals surface area contributed by atoms with Gasteiger partial charge >= 0.3 is 0 Å². The molecule has 1 atom stereocenters. The molecule has 1 amide bonds. The number of hydrogen-bond donors (Lipinski definition) is 1. The molecule has 0 radical (unpaired) electrons. The maximum absolute atomic E-state index is 12.5. The van der Waals surface area contributed by atoms with Crippen LogP contribution >= 0.6 is 0 Å². The summed E-state index contributed by atoms with van der Waals surface area (Å²) in [5.41, 5.74) is 6.70. The van der Waals surface area contributed by atoms with Crippen LogP contribution in [0.3, 0.4) is 0 Å². The number of amides is 1. The van der Waals surface area contributed by atoms with Gasteiger partial charge in [-0.1, -0.05) is 6.92 Å². The zero-order valence-corrected chi connectivity index (χ0v) is 11.6. The summed E-state index contributed by atoms with van der Waals surface area (Å²) in [5.74, 6) is -0.0534.